The quantitative estimate of drug-likeness (QED) is 0.243. The largest absolute Gasteiger partial charge is 0.512 e. The highest BCUT2D eigenvalue weighted by Gasteiger charge is 1.96. The Bertz CT molecular complexity index is 306. The molecule has 0 aromatic heterocycles. The first-order valence-corrected chi connectivity index (χ1v) is 8.41. The minimum absolute atomic E-state index is 0.283. The molecule has 3 heteroatoms. The topological polar surface area (TPSA) is 57.5 Å². The van der Waals surface area contributed by atoms with Crippen molar-refractivity contribution < 1.29 is 15.0 Å². The highest BCUT2D eigenvalue weighted by Crippen LogP contribution is 2.09. The van der Waals surface area contributed by atoms with Crippen molar-refractivity contribution in [2.45, 2.75) is 84.0 Å². The van der Waals surface area contributed by atoms with Crippen molar-refractivity contribution in [2.75, 3.05) is 0 Å². The zero-order chi connectivity index (χ0) is 15.8. The summed E-state index contributed by atoms with van der Waals surface area (Å²) < 4.78 is 0. The highest BCUT2D eigenvalue weighted by molar-refractivity contribution is 5.66. The van der Waals surface area contributed by atoms with Gasteiger partial charge in [-0.05, 0) is 38.2 Å². The van der Waals surface area contributed by atoms with Crippen LogP contribution in [0.15, 0.2) is 24.0 Å². The van der Waals surface area contributed by atoms with Crippen LogP contribution in [0, 0.1) is 0 Å². The lowest BCUT2D eigenvalue weighted by atomic mass is 10.1. The van der Waals surface area contributed by atoms with E-state index < -0.39 is 5.97 Å². The van der Waals surface area contributed by atoms with E-state index in [4.69, 9.17) is 5.11 Å². The minimum atomic E-state index is -0.703. The minimum Gasteiger partial charge on any atom is -0.512 e. The third-order valence-corrected chi connectivity index (χ3v) is 3.44. The molecule has 0 saturated heterocycles. The monoisotopic (exact) mass is 296 g/mol. The van der Waals surface area contributed by atoms with Crippen molar-refractivity contribution in [3.63, 3.8) is 0 Å². The fraction of sp³-hybridized carbons (Fsp3) is 0.722. The van der Waals surface area contributed by atoms with Crippen molar-refractivity contribution in [2.24, 2.45) is 0 Å². The smallest absolute Gasteiger partial charge is 0.303 e. The number of carboxylic acid groups (broad SMARTS) is 1. The fourth-order valence-corrected chi connectivity index (χ4v) is 2.14. The third-order valence-electron chi connectivity index (χ3n) is 3.44. The van der Waals surface area contributed by atoms with Gasteiger partial charge in [0.05, 0.1) is 5.76 Å². The van der Waals surface area contributed by atoms with Gasteiger partial charge in [-0.1, -0.05) is 51.2 Å². The summed E-state index contributed by atoms with van der Waals surface area (Å²) in [6.45, 7) is 2.20. The van der Waals surface area contributed by atoms with E-state index in [0.717, 1.165) is 44.9 Å². The number of aliphatic hydroxyl groups excluding tert-OH is 1. The number of aliphatic carboxylic acids is 1. The van der Waals surface area contributed by atoms with E-state index in [1.165, 1.54) is 19.3 Å². The molecule has 0 aliphatic heterocycles. The van der Waals surface area contributed by atoms with Crippen LogP contribution in [-0.2, 0) is 4.79 Å². The number of unbranched alkanes of at least 4 members (excludes halogenated alkanes) is 8. The Morgan fingerprint density at radius 1 is 0.857 bits per heavy atom. The van der Waals surface area contributed by atoms with E-state index in [1.807, 2.05) is 12.2 Å². The van der Waals surface area contributed by atoms with Gasteiger partial charge in [0.15, 0.2) is 0 Å². The predicted molar refractivity (Wildman–Crippen MR) is 88.6 cm³/mol. The second-order valence-corrected chi connectivity index (χ2v) is 5.57. The molecular weight excluding hydrogens is 264 g/mol. The number of allylic oxidation sites excluding steroid dienone is 3. The van der Waals surface area contributed by atoms with E-state index in [1.54, 1.807) is 0 Å². The Morgan fingerprint density at radius 3 is 2.24 bits per heavy atom. The van der Waals surface area contributed by atoms with Gasteiger partial charge in [0.2, 0.25) is 0 Å². The summed E-state index contributed by atoms with van der Waals surface area (Å²) in [6.07, 6.45) is 17.8. The van der Waals surface area contributed by atoms with Crippen molar-refractivity contribution >= 4 is 5.97 Å². The molecule has 0 rings (SSSR count). The van der Waals surface area contributed by atoms with Crippen LogP contribution in [0.5, 0.6) is 0 Å². The molecule has 21 heavy (non-hydrogen) atoms. The number of rotatable bonds is 14. The number of hydrogen-bond acceptors (Lipinski definition) is 2. The fourth-order valence-electron chi connectivity index (χ4n) is 2.14. The lowest BCUT2D eigenvalue weighted by Gasteiger charge is -1.99. The molecule has 0 heterocycles. The molecule has 0 bridgehead atoms. The zero-order valence-electron chi connectivity index (χ0n) is 13.5. The molecule has 0 atom stereocenters. The molecule has 0 aromatic carbocycles. The summed E-state index contributed by atoms with van der Waals surface area (Å²) in [4.78, 5) is 10.3. The van der Waals surface area contributed by atoms with Gasteiger partial charge in [-0.3, -0.25) is 4.79 Å². The second-order valence-electron chi connectivity index (χ2n) is 5.57. The van der Waals surface area contributed by atoms with Crippen LogP contribution in [0.4, 0.5) is 0 Å². The van der Waals surface area contributed by atoms with Crippen LogP contribution in [0.3, 0.4) is 0 Å². The number of carboxylic acids is 1. The van der Waals surface area contributed by atoms with E-state index in [9.17, 15) is 9.90 Å². The lowest BCUT2D eigenvalue weighted by molar-refractivity contribution is -0.137. The molecule has 122 valence electrons. The van der Waals surface area contributed by atoms with Gasteiger partial charge in [-0.2, -0.15) is 0 Å². The molecule has 0 radical (unpaired) electrons. The maximum Gasteiger partial charge on any atom is 0.303 e. The third kappa shape index (κ3) is 16.7. The van der Waals surface area contributed by atoms with E-state index >= 15 is 0 Å². The maximum atomic E-state index is 10.3. The van der Waals surface area contributed by atoms with E-state index in [0.29, 0.717) is 12.2 Å². The summed E-state index contributed by atoms with van der Waals surface area (Å²) in [5.41, 5.74) is 0. The molecule has 0 fully saturated rings. The summed E-state index contributed by atoms with van der Waals surface area (Å²) in [5.74, 6) is -0.238. The summed E-state index contributed by atoms with van der Waals surface area (Å²) in [6, 6.07) is 0. The Kier molecular flexibility index (Phi) is 14.2. The first-order chi connectivity index (χ1) is 10.2. The summed E-state index contributed by atoms with van der Waals surface area (Å²) in [5, 5.41) is 18.2. The van der Waals surface area contributed by atoms with E-state index in [2.05, 4.69) is 13.0 Å². The molecule has 0 saturated carbocycles. The Morgan fingerprint density at radius 2 is 1.52 bits per heavy atom. The Hall–Kier alpha value is -1.25. The van der Waals surface area contributed by atoms with Crippen molar-refractivity contribution in [3.05, 3.63) is 24.0 Å². The SMILES string of the molecule is CCCCCC=CC/C(O)=C\CCCCCCCC(=O)O. The molecule has 0 aliphatic rings. The van der Waals surface area contributed by atoms with Gasteiger partial charge >= 0.3 is 5.97 Å². The average Bonchev–Trinajstić information content (AvgIpc) is 2.45. The van der Waals surface area contributed by atoms with Crippen molar-refractivity contribution in [1.82, 2.24) is 0 Å². The predicted octanol–water partition coefficient (Wildman–Crippen LogP) is 5.77. The molecule has 3 nitrogen and oxygen atoms in total. The van der Waals surface area contributed by atoms with Gasteiger partial charge in [0.1, 0.15) is 0 Å². The number of aliphatic hydroxyl groups is 1. The highest BCUT2D eigenvalue weighted by atomic mass is 16.4. The molecule has 0 unspecified atom stereocenters. The molecule has 2 N–H and O–H groups in total. The molecular formula is C18H32O3. The normalized spacial score (nSPS) is 12.1. The first-order valence-electron chi connectivity index (χ1n) is 8.41. The maximum absolute atomic E-state index is 10.3. The zero-order valence-corrected chi connectivity index (χ0v) is 13.5. The summed E-state index contributed by atoms with van der Waals surface area (Å²) in [7, 11) is 0. The van der Waals surface area contributed by atoms with Gasteiger partial charge < -0.3 is 10.2 Å². The standard InChI is InChI=1S/C18H32O3/c1-2-3-4-5-8-11-14-17(19)15-12-9-6-7-10-13-16-18(20)21/h8,11,15,19H,2-7,9-10,12-14,16H2,1H3,(H,20,21)/b11-8?,17-15+. The van der Waals surface area contributed by atoms with Gasteiger partial charge in [-0.15, -0.1) is 0 Å². The number of carbonyl (C=O) groups is 1. The Balaban J connectivity index is 3.41. The van der Waals surface area contributed by atoms with Gasteiger partial charge in [-0.25, -0.2) is 0 Å². The van der Waals surface area contributed by atoms with E-state index in [-0.39, 0.29) is 6.42 Å². The molecule has 0 aliphatic carbocycles. The second kappa shape index (κ2) is 15.1. The number of hydrogen-bond donors (Lipinski definition) is 2. The summed E-state index contributed by atoms with van der Waals surface area (Å²) >= 11 is 0. The van der Waals surface area contributed by atoms with Crippen LogP contribution in [0.2, 0.25) is 0 Å². The van der Waals surface area contributed by atoms with Gasteiger partial charge in [0.25, 0.3) is 0 Å². The molecule has 0 aromatic rings. The average molecular weight is 296 g/mol. The van der Waals surface area contributed by atoms with Crippen LogP contribution >= 0.6 is 0 Å². The van der Waals surface area contributed by atoms with Crippen LogP contribution in [0.25, 0.3) is 0 Å². The van der Waals surface area contributed by atoms with Crippen LogP contribution in [0.1, 0.15) is 84.0 Å². The Labute approximate surface area is 129 Å². The molecule has 0 spiro atoms. The first kappa shape index (κ1) is 19.8. The van der Waals surface area contributed by atoms with Crippen molar-refractivity contribution in [3.8, 4) is 0 Å². The van der Waals surface area contributed by atoms with Gasteiger partial charge in [0, 0.05) is 12.8 Å². The molecule has 0 amide bonds. The van der Waals surface area contributed by atoms with Crippen LogP contribution in [-0.4, -0.2) is 16.2 Å². The lowest BCUT2D eigenvalue weighted by Crippen LogP contribution is -1.93. The van der Waals surface area contributed by atoms with Crippen LogP contribution < -0.4 is 0 Å². The van der Waals surface area contributed by atoms with Crippen molar-refractivity contribution in [1.29, 1.82) is 0 Å².